The van der Waals surface area contributed by atoms with Crippen molar-refractivity contribution in [1.82, 2.24) is 0 Å². The molecule has 1 rings (SSSR count). The Morgan fingerprint density at radius 3 is 2.46 bits per heavy atom. The normalized spacial score (nSPS) is 14.2. The molecule has 0 radical (unpaired) electrons. The molecule has 1 aromatic carbocycles. The molecule has 1 aromatic rings. The topological polar surface area (TPSA) is 20.2 Å². The van der Waals surface area contributed by atoms with Gasteiger partial charge in [-0.2, -0.15) is 0 Å². The van der Waals surface area contributed by atoms with Crippen LogP contribution in [-0.4, -0.2) is 5.11 Å². The summed E-state index contributed by atoms with van der Waals surface area (Å²) in [7, 11) is 0. The molecule has 1 N–H and O–H groups in total. The second kappa shape index (κ2) is 4.70. The van der Waals surface area contributed by atoms with Gasteiger partial charge in [0, 0.05) is 5.92 Å². The second-order valence-electron chi connectivity index (χ2n) is 3.23. The largest absolute Gasteiger partial charge is 0.513 e. The van der Waals surface area contributed by atoms with Crippen molar-refractivity contribution in [2.75, 3.05) is 0 Å². The van der Waals surface area contributed by atoms with Gasteiger partial charge in [0.15, 0.2) is 0 Å². The Kier molecular flexibility index (Phi) is 3.56. The lowest BCUT2D eigenvalue weighted by molar-refractivity contribution is 0.409. The van der Waals surface area contributed by atoms with Crippen molar-refractivity contribution in [1.29, 1.82) is 0 Å². The molecule has 1 atom stereocenters. The molecule has 0 aliphatic heterocycles. The van der Waals surface area contributed by atoms with Gasteiger partial charge >= 0.3 is 0 Å². The van der Waals surface area contributed by atoms with Gasteiger partial charge in [0.1, 0.15) is 0 Å². The van der Waals surface area contributed by atoms with Crippen molar-refractivity contribution >= 4 is 0 Å². The minimum atomic E-state index is 0.339. The number of hydrogen-bond acceptors (Lipinski definition) is 1. The van der Waals surface area contributed by atoms with Gasteiger partial charge in [-0.1, -0.05) is 37.3 Å². The molecule has 0 aromatic heterocycles. The first-order valence-corrected chi connectivity index (χ1v) is 4.66. The van der Waals surface area contributed by atoms with Crippen LogP contribution in [0, 0.1) is 0 Å². The fourth-order valence-corrected chi connectivity index (χ4v) is 1.44. The summed E-state index contributed by atoms with van der Waals surface area (Å²) in [6, 6.07) is 10.2. The molecule has 0 spiro atoms. The van der Waals surface area contributed by atoms with Crippen molar-refractivity contribution in [2.45, 2.75) is 26.2 Å². The first-order chi connectivity index (χ1) is 6.24. The fraction of sp³-hybridized carbons (Fsp3) is 0.333. The number of benzene rings is 1. The van der Waals surface area contributed by atoms with E-state index in [0.717, 1.165) is 6.42 Å². The standard InChI is InChI=1S/C12H16O/c1-3-11(9-10(2)13)12-7-5-4-6-8-12/h4-9,11,13H,3H2,1-2H3/b10-9-. The van der Waals surface area contributed by atoms with Crippen LogP contribution in [-0.2, 0) is 0 Å². The smallest absolute Gasteiger partial charge is 0.0858 e. The van der Waals surface area contributed by atoms with Gasteiger partial charge in [-0.05, 0) is 25.0 Å². The maximum Gasteiger partial charge on any atom is 0.0858 e. The van der Waals surface area contributed by atoms with Crippen LogP contribution < -0.4 is 0 Å². The van der Waals surface area contributed by atoms with E-state index in [9.17, 15) is 5.11 Å². The predicted octanol–water partition coefficient (Wildman–Crippen LogP) is 3.64. The first-order valence-electron chi connectivity index (χ1n) is 4.66. The molecular weight excluding hydrogens is 160 g/mol. The van der Waals surface area contributed by atoms with Gasteiger partial charge in [-0.25, -0.2) is 0 Å². The Morgan fingerprint density at radius 1 is 1.38 bits per heavy atom. The molecule has 0 aliphatic carbocycles. The van der Waals surface area contributed by atoms with Crippen LogP contribution >= 0.6 is 0 Å². The highest BCUT2D eigenvalue weighted by atomic mass is 16.3. The van der Waals surface area contributed by atoms with E-state index in [1.54, 1.807) is 6.92 Å². The molecule has 0 amide bonds. The third-order valence-corrected chi connectivity index (χ3v) is 2.11. The van der Waals surface area contributed by atoms with E-state index < -0.39 is 0 Å². The zero-order valence-electron chi connectivity index (χ0n) is 8.20. The molecule has 1 heteroatoms. The van der Waals surface area contributed by atoms with E-state index >= 15 is 0 Å². The summed E-state index contributed by atoms with van der Waals surface area (Å²) >= 11 is 0. The maximum absolute atomic E-state index is 9.18. The van der Waals surface area contributed by atoms with Crippen LogP contribution in [0.3, 0.4) is 0 Å². The minimum absolute atomic E-state index is 0.339. The van der Waals surface area contributed by atoms with E-state index in [2.05, 4.69) is 19.1 Å². The Labute approximate surface area is 79.7 Å². The average molecular weight is 176 g/mol. The van der Waals surface area contributed by atoms with Crippen LogP contribution in [0.5, 0.6) is 0 Å². The Balaban J connectivity index is 2.85. The fourth-order valence-electron chi connectivity index (χ4n) is 1.44. The van der Waals surface area contributed by atoms with Crippen molar-refractivity contribution in [2.24, 2.45) is 0 Å². The lowest BCUT2D eigenvalue weighted by Crippen LogP contribution is -1.93. The summed E-state index contributed by atoms with van der Waals surface area (Å²) in [5, 5.41) is 9.18. The van der Waals surface area contributed by atoms with Gasteiger partial charge in [0.2, 0.25) is 0 Å². The Hall–Kier alpha value is -1.24. The van der Waals surface area contributed by atoms with Crippen LogP contribution in [0.4, 0.5) is 0 Å². The highest BCUT2D eigenvalue weighted by Crippen LogP contribution is 2.21. The second-order valence-corrected chi connectivity index (χ2v) is 3.23. The van der Waals surface area contributed by atoms with Gasteiger partial charge in [0.05, 0.1) is 5.76 Å². The van der Waals surface area contributed by atoms with Gasteiger partial charge < -0.3 is 5.11 Å². The Bertz CT molecular complexity index is 270. The zero-order chi connectivity index (χ0) is 9.68. The van der Waals surface area contributed by atoms with Crippen molar-refractivity contribution in [3.8, 4) is 0 Å². The van der Waals surface area contributed by atoms with Crippen LogP contribution in [0.25, 0.3) is 0 Å². The number of rotatable bonds is 3. The van der Waals surface area contributed by atoms with Gasteiger partial charge in [0.25, 0.3) is 0 Å². The van der Waals surface area contributed by atoms with Crippen molar-refractivity contribution < 1.29 is 5.11 Å². The van der Waals surface area contributed by atoms with E-state index in [1.165, 1.54) is 5.56 Å². The third-order valence-electron chi connectivity index (χ3n) is 2.11. The Morgan fingerprint density at radius 2 is 2.00 bits per heavy atom. The molecule has 0 fully saturated rings. The highest BCUT2D eigenvalue weighted by molar-refractivity contribution is 5.23. The SMILES string of the molecule is CCC(/C=C(/C)O)c1ccccc1. The number of hydrogen-bond donors (Lipinski definition) is 1. The van der Waals surface area contributed by atoms with Crippen LogP contribution in [0.2, 0.25) is 0 Å². The van der Waals surface area contributed by atoms with Crippen molar-refractivity contribution in [3.05, 3.63) is 47.7 Å². The molecule has 0 saturated heterocycles. The summed E-state index contributed by atoms with van der Waals surface area (Å²) in [6.45, 7) is 3.84. The molecule has 0 heterocycles. The highest BCUT2D eigenvalue weighted by Gasteiger charge is 2.04. The summed E-state index contributed by atoms with van der Waals surface area (Å²) in [6.07, 6.45) is 2.91. The summed E-state index contributed by atoms with van der Waals surface area (Å²) in [5.74, 6) is 0.738. The van der Waals surface area contributed by atoms with E-state index in [4.69, 9.17) is 0 Å². The molecule has 70 valence electrons. The van der Waals surface area contributed by atoms with Crippen molar-refractivity contribution in [3.63, 3.8) is 0 Å². The summed E-state index contributed by atoms with van der Waals surface area (Å²) < 4.78 is 0. The molecule has 0 aliphatic rings. The van der Waals surface area contributed by atoms with Gasteiger partial charge in [-0.15, -0.1) is 0 Å². The molecular formula is C12H16O. The van der Waals surface area contributed by atoms with E-state index in [-0.39, 0.29) is 0 Å². The summed E-state index contributed by atoms with van der Waals surface area (Å²) in [5.41, 5.74) is 1.26. The molecule has 1 nitrogen and oxygen atoms in total. The molecule has 0 bridgehead atoms. The quantitative estimate of drug-likeness (QED) is 0.697. The summed E-state index contributed by atoms with van der Waals surface area (Å²) in [4.78, 5) is 0. The predicted molar refractivity (Wildman–Crippen MR) is 55.9 cm³/mol. The van der Waals surface area contributed by atoms with Crippen LogP contribution in [0.1, 0.15) is 31.7 Å². The average Bonchev–Trinajstić information content (AvgIpc) is 2.15. The third kappa shape index (κ3) is 2.94. The van der Waals surface area contributed by atoms with Gasteiger partial charge in [-0.3, -0.25) is 0 Å². The van der Waals surface area contributed by atoms with E-state index in [0.29, 0.717) is 11.7 Å². The lowest BCUT2D eigenvalue weighted by atomic mass is 9.96. The minimum Gasteiger partial charge on any atom is -0.513 e. The zero-order valence-corrected chi connectivity index (χ0v) is 8.20. The maximum atomic E-state index is 9.18. The van der Waals surface area contributed by atoms with E-state index in [1.807, 2.05) is 24.3 Å². The molecule has 13 heavy (non-hydrogen) atoms. The first kappa shape index (κ1) is 9.85. The number of aliphatic hydroxyl groups excluding tert-OH is 1. The number of aliphatic hydroxyl groups is 1. The van der Waals surface area contributed by atoms with Crippen LogP contribution in [0.15, 0.2) is 42.2 Å². The monoisotopic (exact) mass is 176 g/mol. The lowest BCUT2D eigenvalue weighted by Gasteiger charge is -2.10. The molecule has 1 unspecified atom stereocenters. The molecule has 0 saturated carbocycles. The number of allylic oxidation sites excluding steroid dienone is 2.